The summed E-state index contributed by atoms with van der Waals surface area (Å²) in [6.07, 6.45) is 3.35. The Bertz CT molecular complexity index is 751. The van der Waals surface area contributed by atoms with E-state index in [1.807, 2.05) is 29.2 Å². The van der Waals surface area contributed by atoms with Gasteiger partial charge in [0.25, 0.3) is 5.91 Å². The lowest BCUT2D eigenvalue weighted by atomic mass is 9.78. The third-order valence-corrected chi connectivity index (χ3v) is 5.71. The van der Waals surface area contributed by atoms with E-state index in [0.29, 0.717) is 12.5 Å². The van der Waals surface area contributed by atoms with E-state index in [9.17, 15) is 4.79 Å². The maximum Gasteiger partial charge on any atom is 0.265 e. The predicted molar refractivity (Wildman–Crippen MR) is 136 cm³/mol. The molecule has 8 heteroatoms. The molecule has 2 aliphatic rings. The fourth-order valence-electron chi connectivity index (χ4n) is 4.30. The normalized spacial score (nSPS) is 21.6. The summed E-state index contributed by atoms with van der Waals surface area (Å²) in [6.45, 7) is 9.91. The van der Waals surface area contributed by atoms with Crippen molar-refractivity contribution in [3.63, 3.8) is 0 Å². The van der Waals surface area contributed by atoms with Gasteiger partial charge in [-0.05, 0) is 36.8 Å². The maximum atomic E-state index is 12.3. The van der Waals surface area contributed by atoms with Crippen LogP contribution in [0.3, 0.4) is 0 Å². The van der Waals surface area contributed by atoms with Gasteiger partial charge in [-0.3, -0.25) is 9.79 Å². The van der Waals surface area contributed by atoms with Gasteiger partial charge < -0.3 is 25.0 Å². The highest BCUT2D eigenvalue weighted by atomic mass is 127. The quantitative estimate of drug-likeness (QED) is 0.249. The molecular formula is C23H37IN4O3. The summed E-state index contributed by atoms with van der Waals surface area (Å²) in [7, 11) is 1.79. The Morgan fingerprint density at radius 2 is 2.03 bits per heavy atom. The first-order valence-corrected chi connectivity index (χ1v) is 11.0. The van der Waals surface area contributed by atoms with Crippen molar-refractivity contribution >= 4 is 41.5 Å². The minimum absolute atomic E-state index is 0. The van der Waals surface area contributed by atoms with Crippen molar-refractivity contribution < 1.29 is 14.3 Å². The predicted octanol–water partition coefficient (Wildman–Crippen LogP) is 3.43. The van der Waals surface area contributed by atoms with Crippen LogP contribution in [0.5, 0.6) is 5.75 Å². The Balaban J connectivity index is 0.00000341. The second-order valence-corrected chi connectivity index (χ2v) is 9.09. The summed E-state index contributed by atoms with van der Waals surface area (Å²) in [5, 5.41) is 6.83. The Kier molecular flexibility index (Phi) is 9.87. The van der Waals surface area contributed by atoms with Crippen molar-refractivity contribution in [3.8, 4) is 5.75 Å². The first-order valence-electron chi connectivity index (χ1n) is 11.0. The van der Waals surface area contributed by atoms with Crippen LogP contribution in [0.25, 0.3) is 0 Å². The highest BCUT2D eigenvalue weighted by molar-refractivity contribution is 14.0. The SMILES string of the molecule is CN=C(NCCCN1C(=O)COc2ccccc21)NCC1CCCOC1C(C)(C)C.I. The van der Waals surface area contributed by atoms with Crippen LogP contribution in [0.15, 0.2) is 29.3 Å². The number of fused-ring (bicyclic) bond motifs is 1. The molecule has 7 nitrogen and oxygen atoms in total. The van der Waals surface area contributed by atoms with Gasteiger partial charge in [0.05, 0.1) is 11.8 Å². The zero-order chi connectivity index (χ0) is 21.6. The van der Waals surface area contributed by atoms with E-state index in [1.165, 1.54) is 6.42 Å². The summed E-state index contributed by atoms with van der Waals surface area (Å²) in [5.41, 5.74) is 0.979. The van der Waals surface area contributed by atoms with Crippen molar-refractivity contribution in [2.75, 3.05) is 44.8 Å². The summed E-state index contributed by atoms with van der Waals surface area (Å²) < 4.78 is 11.6. The van der Waals surface area contributed by atoms with Crippen LogP contribution in [0, 0.1) is 11.3 Å². The Hall–Kier alpha value is -1.55. The number of nitrogens with zero attached hydrogens (tertiary/aromatic N) is 2. The van der Waals surface area contributed by atoms with Crippen molar-refractivity contribution in [2.24, 2.45) is 16.3 Å². The van der Waals surface area contributed by atoms with E-state index in [0.717, 1.165) is 49.9 Å². The number of hydrogen-bond acceptors (Lipinski definition) is 4. The highest BCUT2D eigenvalue weighted by Crippen LogP contribution is 2.34. The van der Waals surface area contributed by atoms with Crippen LogP contribution in [-0.4, -0.2) is 57.9 Å². The van der Waals surface area contributed by atoms with Gasteiger partial charge in [-0.15, -0.1) is 24.0 Å². The summed E-state index contributed by atoms with van der Waals surface area (Å²) >= 11 is 0. The van der Waals surface area contributed by atoms with Gasteiger partial charge in [-0.25, -0.2) is 0 Å². The maximum absolute atomic E-state index is 12.3. The van der Waals surface area contributed by atoms with Gasteiger partial charge in [0.2, 0.25) is 0 Å². The van der Waals surface area contributed by atoms with Crippen molar-refractivity contribution in [3.05, 3.63) is 24.3 Å². The number of halogens is 1. The van der Waals surface area contributed by atoms with Crippen molar-refractivity contribution in [2.45, 2.75) is 46.1 Å². The molecule has 2 aliphatic heterocycles. The molecule has 2 N–H and O–H groups in total. The fraction of sp³-hybridized carbons (Fsp3) is 0.652. The number of carbonyl (C=O) groups is 1. The van der Waals surface area contributed by atoms with Gasteiger partial charge >= 0.3 is 0 Å². The molecule has 1 aromatic rings. The van der Waals surface area contributed by atoms with Crippen LogP contribution in [0.1, 0.15) is 40.0 Å². The van der Waals surface area contributed by atoms with E-state index in [1.54, 1.807) is 7.05 Å². The average molecular weight is 544 g/mol. The van der Waals surface area contributed by atoms with E-state index < -0.39 is 0 Å². The first kappa shape index (κ1) is 25.7. The third kappa shape index (κ3) is 6.97. The number of anilines is 1. The topological polar surface area (TPSA) is 75.2 Å². The molecule has 31 heavy (non-hydrogen) atoms. The molecule has 0 saturated carbocycles. The molecule has 1 aromatic carbocycles. The van der Waals surface area contributed by atoms with Gasteiger partial charge in [0, 0.05) is 39.2 Å². The summed E-state index contributed by atoms with van der Waals surface area (Å²) in [4.78, 5) is 18.4. The number of ether oxygens (including phenoxy) is 2. The first-order chi connectivity index (χ1) is 14.4. The third-order valence-electron chi connectivity index (χ3n) is 5.71. The zero-order valence-corrected chi connectivity index (χ0v) is 21.5. The number of nitrogens with one attached hydrogen (secondary N) is 2. The molecule has 0 radical (unpaired) electrons. The monoisotopic (exact) mass is 544 g/mol. The Morgan fingerprint density at radius 3 is 2.77 bits per heavy atom. The fourth-order valence-corrected chi connectivity index (χ4v) is 4.30. The second-order valence-electron chi connectivity index (χ2n) is 9.09. The number of aliphatic imine (C=N–C) groups is 1. The van der Waals surface area contributed by atoms with Crippen LogP contribution in [-0.2, 0) is 9.53 Å². The number of guanidine groups is 1. The number of rotatable bonds is 6. The number of carbonyl (C=O) groups excluding carboxylic acids is 1. The lowest BCUT2D eigenvalue weighted by molar-refractivity contribution is -0.121. The smallest absolute Gasteiger partial charge is 0.265 e. The van der Waals surface area contributed by atoms with Gasteiger partial charge in [-0.1, -0.05) is 32.9 Å². The molecular weight excluding hydrogens is 507 g/mol. The number of amides is 1. The molecule has 0 spiro atoms. The minimum Gasteiger partial charge on any atom is -0.482 e. The Labute approximate surface area is 203 Å². The van der Waals surface area contributed by atoms with E-state index in [2.05, 4.69) is 36.4 Å². The van der Waals surface area contributed by atoms with Gasteiger partial charge in [-0.2, -0.15) is 0 Å². The van der Waals surface area contributed by atoms with Crippen LogP contribution in [0.4, 0.5) is 5.69 Å². The molecule has 1 fully saturated rings. The van der Waals surface area contributed by atoms with E-state index in [-0.39, 0.29) is 48.0 Å². The molecule has 1 saturated heterocycles. The molecule has 0 aromatic heterocycles. The second kappa shape index (κ2) is 11.9. The van der Waals surface area contributed by atoms with E-state index in [4.69, 9.17) is 9.47 Å². The Morgan fingerprint density at radius 1 is 1.26 bits per heavy atom. The largest absolute Gasteiger partial charge is 0.482 e. The standard InChI is InChI=1S/C23H36N4O3.HI/c1-23(2,3)21-17(9-7-14-29-21)15-26-22(24-4)25-12-8-13-27-18-10-5-6-11-19(18)30-16-20(27)28;/h5-6,10-11,17,21H,7-9,12-16H2,1-4H3,(H2,24,25,26);1H. The molecule has 1 amide bonds. The highest BCUT2D eigenvalue weighted by Gasteiger charge is 2.35. The van der Waals surface area contributed by atoms with Gasteiger partial charge in [0.1, 0.15) is 5.75 Å². The number of benzene rings is 1. The van der Waals surface area contributed by atoms with Crippen molar-refractivity contribution in [1.29, 1.82) is 0 Å². The molecule has 2 atom stereocenters. The van der Waals surface area contributed by atoms with Crippen LogP contribution in [0.2, 0.25) is 0 Å². The number of hydrogen-bond donors (Lipinski definition) is 2. The molecule has 174 valence electrons. The molecule has 2 unspecified atom stereocenters. The van der Waals surface area contributed by atoms with Gasteiger partial charge in [0.15, 0.2) is 12.6 Å². The summed E-state index contributed by atoms with van der Waals surface area (Å²) in [6, 6.07) is 7.68. The molecule has 0 bridgehead atoms. The molecule has 2 heterocycles. The van der Waals surface area contributed by atoms with E-state index >= 15 is 0 Å². The zero-order valence-electron chi connectivity index (χ0n) is 19.1. The molecule has 3 rings (SSSR count). The van der Waals surface area contributed by atoms with Crippen molar-refractivity contribution in [1.82, 2.24) is 10.6 Å². The van der Waals surface area contributed by atoms with Crippen LogP contribution >= 0.6 is 24.0 Å². The lowest BCUT2D eigenvalue weighted by Crippen LogP contribution is -2.48. The van der Waals surface area contributed by atoms with Crippen LogP contribution < -0.4 is 20.3 Å². The molecule has 0 aliphatic carbocycles. The average Bonchev–Trinajstić information content (AvgIpc) is 2.74. The summed E-state index contributed by atoms with van der Waals surface area (Å²) in [5.74, 6) is 2.04. The minimum atomic E-state index is 0. The number of para-hydroxylation sites is 2. The lowest BCUT2D eigenvalue weighted by Gasteiger charge is -2.40.